The first-order valence-electron chi connectivity index (χ1n) is 7.02. The summed E-state index contributed by atoms with van der Waals surface area (Å²) >= 11 is 0. The van der Waals surface area contributed by atoms with Crippen LogP contribution in [-0.4, -0.2) is 41.8 Å². The maximum Gasteiger partial charge on any atom is 0.410 e. The van der Waals surface area contributed by atoms with Gasteiger partial charge in [-0.05, 0) is 54.0 Å². The third kappa shape index (κ3) is 5.25. The molecule has 1 rings (SSSR count). The molecule has 1 saturated heterocycles. The topological polar surface area (TPSA) is 41.6 Å². The fourth-order valence-corrected chi connectivity index (χ4v) is 2.13. The molecular weight excluding hydrogens is 228 g/mol. The number of rotatable bonds is 3. The Morgan fingerprint density at radius 3 is 2.50 bits per heavy atom. The molecule has 1 atom stereocenters. The fraction of sp³-hybridized carbons (Fsp3) is 0.929. The number of amides is 1. The lowest BCUT2D eigenvalue weighted by Gasteiger charge is -2.34. The summed E-state index contributed by atoms with van der Waals surface area (Å²) in [5.41, 5.74) is -0.426. The number of hydrogen-bond donors (Lipinski definition) is 1. The van der Waals surface area contributed by atoms with Gasteiger partial charge in [-0.25, -0.2) is 4.79 Å². The fourth-order valence-electron chi connectivity index (χ4n) is 2.13. The molecule has 0 aromatic heterocycles. The van der Waals surface area contributed by atoms with E-state index < -0.39 is 5.60 Å². The number of nitrogens with zero attached hydrogens (tertiary/aromatic N) is 1. The summed E-state index contributed by atoms with van der Waals surface area (Å²) in [6, 6.07) is 0.581. The minimum atomic E-state index is -0.426. The lowest BCUT2D eigenvalue weighted by atomic mass is 10.0. The summed E-state index contributed by atoms with van der Waals surface area (Å²) in [5, 5.41) is 3.47. The Morgan fingerprint density at radius 1 is 1.39 bits per heavy atom. The number of ether oxygens (including phenoxy) is 1. The minimum Gasteiger partial charge on any atom is -0.444 e. The van der Waals surface area contributed by atoms with Crippen LogP contribution in [0.25, 0.3) is 0 Å². The van der Waals surface area contributed by atoms with Gasteiger partial charge in [-0.2, -0.15) is 0 Å². The van der Waals surface area contributed by atoms with Gasteiger partial charge in [-0.15, -0.1) is 0 Å². The lowest BCUT2D eigenvalue weighted by Crippen LogP contribution is -2.49. The summed E-state index contributed by atoms with van der Waals surface area (Å²) in [6.45, 7) is 11.6. The van der Waals surface area contributed by atoms with Gasteiger partial charge in [0, 0.05) is 18.6 Å². The van der Waals surface area contributed by atoms with Crippen LogP contribution in [0.1, 0.15) is 53.9 Å². The van der Waals surface area contributed by atoms with Gasteiger partial charge >= 0.3 is 6.09 Å². The first-order valence-corrected chi connectivity index (χ1v) is 7.02. The molecule has 0 aromatic rings. The largest absolute Gasteiger partial charge is 0.444 e. The smallest absolute Gasteiger partial charge is 0.410 e. The van der Waals surface area contributed by atoms with Gasteiger partial charge in [-0.3, -0.25) is 0 Å². The monoisotopic (exact) mass is 256 g/mol. The van der Waals surface area contributed by atoms with E-state index in [0.717, 1.165) is 19.5 Å². The average Bonchev–Trinajstić information content (AvgIpc) is 2.24. The predicted octanol–water partition coefficient (Wildman–Crippen LogP) is 2.77. The van der Waals surface area contributed by atoms with Crippen LogP contribution < -0.4 is 5.32 Å². The van der Waals surface area contributed by atoms with E-state index in [4.69, 9.17) is 4.74 Å². The summed E-state index contributed by atoms with van der Waals surface area (Å²) in [5.74, 6) is 0. The van der Waals surface area contributed by atoms with Crippen molar-refractivity contribution in [3.8, 4) is 0 Å². The van der Waals surface area contributed by atoms with Crippen molar-refractivity contribution in [1.82, 2.24) is 10.2 Å². The van der Waals surface area contributed by atoms with Crippen molar-refractivity contribution in [3.05, 3.63) is 0 Å². The second-order valence-corrected chi connectivity index (χ2v) is 6.37. The van der Waals surface area contributed by atoms with E-state index in [0.29, 0.717) is 6.04 Å². The van der Waals surface area contributed by atoms with Gasteiger partial charge in [0.2, 0.25) is 0 Å². The molecule has 1 aliphatic rings. The molecule has 0 bridgehead atoms. The second-order valence-electron chi connectivity index (χ2n) is 6.37. The summed E-state index contributed by atoms with van der Waals surface area (Å²) in [6.07, 6.45) is 3.43. The average molecular weight is 256 g/mol. The van der Waals surface area contributed by atoms with Crippen LogP contribution in [0.5, 0.6) is 0 Å². The number of nitrogens with one attached hydrogen (secondary N) is 1. The molecule has 1 fully saturated rings. The van der Waals surface area contributed by atoms with Crippen LogP contribution in [0.15, 0.2) is 0 Å². The minimum absolute atomic E-state index is 0.170. The third-order valence-electron chi connectivity index (χ3n) is 3.08. The third-order valence-corrected chi connectivity index (χ3v) is 3.08. The van der Waals surface area contributed by atoms with Crippen molar-refractivity contribution >= 4 is 6.09 Å². The van der Waals surface area contributed by atoms with E-state index >= 15 is 0 Å². The molecule has 0 saturated carbocycles. The molecule has 0 spiro atoms. The Labute approximate surface area is 111 Å². The summed E-state index contributed by atoms with van der Waals surface area (Å²) in [4.78, 5) is 14.0. The highest BCUT2D eigenvalue weighted by molar-refractivity contribution is 5.68. The first-order chi connectivity index (χ1) is 8.29. The van der Waals surface area contributed by atoms with Crippen molar-refractivity contribution in [2.75, 3.05) is 13.1 Å². The number of carbonyl (C=O) groups excluding carboxylic acids is 1. The quantitative estimate of drug-likeness (QED) is 0.844. The van der Waals surface area contributed by atoms with Crippen molar-refractivity contribution in [2.45, 2.75) is 71.6 Å². The molecular formula is C14H28N2O2. The zero-order valence-electron chi connectivity index (χ0n) is 12.5. The van der Waals surface area contributed by atoms with E-state index in [1.807, 2.05) is 39.5 Å². The lowest BCUT2D eigenvalue weighted by molar-refractivity contribution is 0.0164. The molecule has 1 N–H and O–H groups in total. The number of carbonyl (C=O) groups is 1. The Bertz CT molecular complexity index is 265. The molecule has 0 radical (unpaired) electrons. The zero-order valence-corrected chi connectivity index (χ0v) is 12.5. The molecule has 1 heterocycles. The molecule has 1 aliphatic heterocycles. The van der Waals surface area contributed by atoms with E-state index in [9.17, 15) is 4.79 Å². The number of piperidine rings is 1. The van der Waals surface area contributed by atoms with Crippen molar-refractivity contribution in [2.24, 2.45) is 0 Å². The van der Waals surface area contributed by atoms with Gasteiger partial charge in [0.1, 0.15) is 5.60 Å². The Kier molecular flexibility index (Phi) is 5.45. The standard InChI is InChI=1S/C14H28N2O2/c1-11(2)16(13(17)18-14(3,4)5)10-12-8-6-7-9-15-12/h11-12,15H,6-10H2,1-5H3/t12-/m1/s1. The van der Waals surface area contributed by atoms with Crippen molar-refractivity contribution < 1.29 is 9.53 Å². The molecule has 4 nitrogen and oxygen atoms in total. The van der Waals surface area contributed by atoms with E-state index in [2.05, 4.69) is 5.32 Å². The molecule has 0 aromatic carbocycles. The molecule has 4 heteroatoms. The highest BCUT2D eigenvalue weighted by Crippen LogP contribution is 2.15. The van der Waals surface area contributed by atoms with E-state index in [1.54, 1.807) is 0 Å². The van der Waals surface area contributed by atoms with Gasteiger partial charge in [0.05, 0.1) is 0 Å². The Balaban J connectivity index is 2.55. The zero-order chi connectivity index (χ0) is 13.8. The van der Waals surface area contributed by atoms with Crippen LogP contribution in [0.4, 0.5) is 4.79 Å². The molecule has 106 valence electrons. The van der Waals surface area contributed by atoms with Crippen LogP contribution >= 0.6 is 0 Å². The molecule has 0 unspecified atom stereocenters. The maximum atomic E-state index is 12.1. The number of hydrogen-bond acceptors (Lipinski definition) is 3. The molecule has 1 amide bonds. The van der Waals surface area contributed by atoms with Crippen molar-refractivity contribution in [1.29, 1.82) is 0 Å². The summed E-state index contributed by atoms with van der Waals surface area (Å²) in [7, 11) is 0. The van der Waals surface area contributed by atoms with Crippen LogP contribution in [0.2, 0.25) is 0 Å². The summed E-state index contributed by atoms with van der Waals surface area (Å²) < 4.78 is 5.46. The predicted molar refractivity (Wildman–Crippen MR) is 73.7 cm³/mol. The highest BCUT2D eigenvalue weighted by Gasteiger charge is 2.26. The maximum absolute atomic E-state index is 12.1. The van der Waals surface area contributed by atoms with Crippen molar-refractivity contribution in [3.63, 3.8) is 0 Å². The van der Waals surface area contributed by atoms with Crippen LogP contribution in [0, 0.1) is 0 Å². The molecule has 18 heavy (non-hydrogen) atoms. The SMILES string of the molecule is CC(C)N(C[C@H]1CCCCN1)C(=O)OC(C)(C)C. The van der Waals surface area contributed by atoms with Crippen LogP contribution in [-0.2, 0) is 4.74 Å². The molecule has 0 aliphatic carbocycles. The Hall–Kier alpha value is -0.770. The Morgan fingerprint density at radius 2 is 2.06 bits per heavy atom. The van der Waals surface area contributed by atoms with Gasteiger partial charge < -0.3 is 15.0 Å². The second kappa shape index (κ2) is 6.41. The van der Waals surface area contributed by atoms with E-state index in [-0.39, 0.29) is 12.1 Å². The van der Waals surface area contributed by atoms with Gasteiger partial charge in [0.15, 0.2) is 0 Å². The van der Waals surface area contributed by atoms with Gasteiger partial charge in [0.25, 0.3) is 0 Å². The highest BCUT2D eigenvalue weighted by atomic mass is 16.6. The van der Waals surface area contributed by atoms with Crippen LogP contribution in [0.3, 0.4) is 0 Å². The van der Waals surface area contributed by atoms with Gasteiger partial charge in [-0.1, -0.05) is 6.42 Å². The first kappa shape index (κ1) is 15.3. The normalized spacial score (nSPS) is 20.9. The van der Waals surface area contributed by atoms with E-state index in [1.165, 1.54) is 12.8 Å².